The van der Waals surface area contributed by atoms with Crippen LogP contribution in [0.2, 0.25) is 10.0 Å². The lowest BCUT2D eigenvalue weighted by molar-refractivity contribution is -0.144. The molecule has 1 amide bonds. The van der Waals surface area contributed by atoms with Gasteiger partial charge in [0.15, 0.2) is 12.4 Å². The smallest absolute Gasteiger partial charge is 0.310 e. The minimum Gasteiger partial charge on any atom is -0.495 e. The molecule has 0 fully saturated rings. The van der Waals surface area contributed by atoms with Crippen molar-refractivity contribution >= 4 is 40.8 Å². The van der Waals surface area contributed by atoms with Crippen LogP contribution in [0, 0.1) is 0 Å². The van der Waals surface area contributed by atoms with Gasteiger partial charge < -0.3 is 19.3 Å². The highest BCUT2D eigenvalue weighted by molar-refractivity contribution is 6.35. The third kappa shape index (κ3) is 5.95. The van der Waals surface area contributed by atoms with Gasteiger partial charge in [-0.25, -0.2) is 0 Å². The van der Waals surface area contributed by atoms with Crippen molar-refractivity contribution in [3.8, 4) is 5.75 Å². The second-order valence-electron chi connectivity index (χ2n) is 6.10. The molecule has 156 valence electrons. The van der Waals surface area contributed by atoms with Crippen LogP contribution in [0.5, 0.6) is 5.75 Å². The number of benzene rings is 2. The number of esters is 1. The highest BCUT2D eigenvalue weighted by atomic mass is 35.5. The van der Waals surface area contributed by atoms with Crippen LogP contribution in [0.15, 0.2) is 47.0 Å². The van der Waals surface area contributed by atoms with Crippen LogP contribution in [0.1, 0.15) is 17.3 Å². The Morgan fingerprint density at radius 1 is 1.13 bits per heavy atom. The van der Waals surface area contributed by atoms with Crippen molar-refractivity contribution in [2.24, 2.45) is 0 Å². The molecule has 1 N–H and O–H groups in total. The number of nitrogens with zero attached hydrogens (tertiary/aromatic N) is 2. The maximum absolute atomic E-state index is 12.2. The zero-order chi connectivity index (χ0) is 21.5. The van der Waals surface area contributed by atoms with Crippen molar-refractivity contribution in [3.05, 3.63) is 69.8 Å². The summed E-state index contributed by atoms with van der Waals surface area (Å²) in [6.45, 7) is -0.217. The van der Waals surface area contributed by atoms with Gasteiger partial charge in [-0.3, -0.25) is 9.59 Å². The van der Waals surface area contributed by atoms with Gasteiger partial charge in [-0.15, -0.1) is 0 Å². The van der Waals surface area contributed by atoms with Gasteiger partial charge in [-0.2, -0.15) is 4.98 Å². The summed E-state index contributed by atoms with van der Waals surface area (Å²) in [6, 6.07) is 11.8. The lowest BCUT2D eigenvalue weighted by Gasteiger charge is -2.08. The van der Waals surface area contributed by atoms with Crippen LogP contribution in [0.3, 0.4) is 0 Å². The summed E-state index contributed by atoms with van der Waals surface area (Å²) in [4.78, 5) is 28.2. The minimum atomic E-state index is -0.520. The molecule has 0 bridgehead atoms. The Balaban J connectivity index is 1.50. The van der Waals surface area contributed by atoms with Crippen LogP contribution in [0.4, 0.5) is 5.69 Å². The van der Waals surface area contributed by atoms with Crippen molar-refractivity contribution in [1.82, 2.24) is 10.1 Å². The second kappa shape index (κ2) is 10.1. The van der Waals surface area contributed by atoms with Gasteiger partial charge in [0.05, 0.1) is 25.6 Å². The van der Waals surface area contributed by atoms with E-state index in [4.69, 9.17) is 37.2 Å². The summed E-state index contributed by atoms with van der Waals surface area (Å²) >= 11 is 11.9. The number of amides is 1. The highest BCUT2D eigenvalue weighted by Gasteiger charge is 2.15. The number of nitrogens with one attached hydrogen (secondary N) is 1. The van der Waals surface area contributed by atoms with E-state index in [1.165, 1.54) is 7.11 Å². The standard InChI is InChI=1S/C20H17Cl2N3O5/c1-28-16-5-3-2-4-15(16)23-18(26)10-17-24-19(30-25-17)11-29-20(27)8-12-6-7-13(21)9-14(12)22/h2-7,9H,8,10-11H2,1H3,(H,23,26). The first kappa shape index (κ1) is 21.6. The molecule has 0 unspecified atom stereocenters. The van der Waals surface area contributed by atoms with Crippen LogP contribution < -0.4 is 10.1 Å². The molecule has 30 heavy (non-hydrogen) atoms. The number of hydrogen-bond acceptors (Lipinski definition) is 7. The summed E-state index contributed by atoms with van der Waals surface area (Å²) in [5.74, 6) is -0.0960. The van der Waals surface area contributed by atoms with E-state index in [9.17, 15) is 9.59 Å². The quantitative estimate of drug-likeness (QED) is 0.520. The molecule has 0 radical (unpaired) electrons. The Morgan fingerprint density at radius 3 is 2.70 bits per heavy atom. The monoisotopic (exact) mass is 449 g/mol. The average molecular weight is 450 g/mol. The highest BCUT2D eigenvalue weighted by Crippen LogP contribution is 2.23. The lowest BCUT2D eigenvalue weighted by Crippen LogP contribution is -2.15. The Labute approximate surface area is 182 Å². The van der Waals surface area contributed by atoms with E-state index >= 15 is 0 Å². The number of para-hydroxylation sites is 2. The zero-order valence-corrected chi connectivity index (χ0v) is 17.4. The number of hydrogen-bond donors (Lipinski definition) is 1. The fraction of sp³-hybridized carbons (Fsp3) is 0.200. The molecular weight excluding hydrogens is 433 g/mol. The predicted octanol–water partition coefficient (Wildman–Crippen LogP) is 3.85. The van der Waals surface area contributed by atoms with Crippen molar-refractivity contribution in [2.45, 2.75) is 19.4 Å². The minimum absolute atomic E-state index is 0.0295. The number of rotatable bonds is 8. The average Bonchev–Trinajstić information content (AvgIpc) is 3.16. The van der Waals surface area contributed by atoms with E-state index in [0.29, 0.717) is 27.0 Å². The van der Waals surface area contributed by atoms with Crippen molar-refractivity contribution in [2.75, 3.05) is 12.4 Å². The van der Waals surface area contributed by atoms with Gasteiger partial charge >= 0.3 is 5.97 Å². The van der Waals surface area contributed by atoms with Crippen LogP contribution in [-0.4, -0.2) is 29.1 Å². The van der Waals surface area contributed by atoms with Crippen molar-refractivity contribution in [3.63, 3.8) is 0 Å². The molecule has 0 atom stereocenters. The molecule has 0 saturated heterocycles. The van der Waals surface area contributed by atoms with Crippen LogP contribution in [-0.2, 0) is 33.8 Å². The zero-order valence-electron chi connectivity index (χ0n) is 15.9. The fourth-order valence-corrected chi connectivity index (χ4v) is 3.00. The Bertz CT molecular complexity index is 1050. The van der Waals surface area contributed by atoms with Crippen molar-refractivity contribution in [1.29, 1.82) is 0 Å². The van der Waals surface area contributed by atoms with E-state index in [2.05, 4.69) is 15.5 Å². The SMILES string of the molecule is COc1ccccc1NC(=O)Cc1noc(COC(=O)Cc2ccc(Cl)cc2Cl)n1. The van der Waals surface area contributed by atoms with Gasteiger partial charge in [-0.05, 0) is 29.8 Å². The van der Waals surface area contributed by atoms with E-state index < -0.39 is 5.97 Å². The largest absolute Gasteiger partial charge is 0.495 e. The molecule has 8 nitrogen and oxygen atoms in total. The van der Waals surface area contributed by atoms with Gasteiger partial charge in [0.2, 0.25) is 5.91 Å². The summed E-state index contributed by atoms with van der Waals surface area (Å²) in [7, 11) is 1.51. The predicted molar refractivity (Wildman–Crippen MR) is 110 cm³/mol. The van der Waals surface area contributed by atoms with Crippen molar-refractivity contribution < 1.29 is 23.6 Å². The molecule has 10 heteroatoms. The number of methoxy groups -OCH3 is 1. The summed E-state index contributed by atoms with van der Waals surface area (Å²) in [6.07, 6.45) is -0.145. The molecule has 0 aliphatic heterocycles. The summed E-state index contributed by atoms with van der Waals surface area (Å²) < 4.78 is 15.3. The number of carbonyl (C=O) groups excluding carboxylic acids is 2. The second-order valence-corrected chi connectivity index (χ2v) is 6.95. The number of aromatic nitrogens is 2. The third-order valence-corrected chi connectivity index (χ3v) is 4.50. The molecule has 3 aromatic rings. The summed E-state index contributed by atoms with van der Waals surface area (Å²) in [5.41, 5.74) is 1.12. The van der Waals surface area contributed by atoms with Crippen LogP contribution >= 0.6 is 23.2 Å². The molecule has 1 heterocycles. The van der Waals surface area contributed by atoms with Crippen LogP contribution in [0.25, 0.3) is 0 Å². The van der Waals surface area contributed by atoms with Gasteiger partial charge in [0.25, 0.3) is 5.89 Å². The lowest BCUT2D eigenvalue weighted by atomic mass is 10.1. The van der Waals surface area contributed by atoms with E-state index in [1.807, 2.05) is 0 Å². The van der Waals surface area contributed by atoms with E-state index in [1.54, 1.807) is 42.5 Å². The van der Waals surface area contributed by atoms with E-state index in [-0.39, 0.29) is 37.1 Å². The molecule has 0 aliphatic carbocycles. The summed E-state index contributed by atoms with van der Waals surface area (Å²) in [5, 5.41) is 7.29. The fourth-order valence-electron chi connectivity index (χ4n) is 2.52. The Kier molecular flexibility index (Phi) is 7.26. The Morgan fingerprint density at radius 2 is 1.93 bits per heavy atom. The Hall–Kier alpha value is -3.10. The molecular formula is C20H17Cl2N3O5. The first-order chi connectivity index (χ1) is 14.4. The molecule has 0 saturated carbocycles. The normalized spacial score (nSPS) is 10.5. The van der Waals surface area contributed by atoms with Gasteiger partial charge in [0.1, 0.15) is 5.75 Å². The molecule has 1 aromatic heterocycles. The number of anilines is 1. The third-order valence-electron chi connectivity index (χ3n) is 3.92. The maximum atomic E-state index is 12.2. The number of carbonyl (C=O) groups is 2. The van der Waals surface area contributed by atoms with Gasteiger partial charge in [-0.1, -0.05) is 46.6 Å². The molecule has 2 aromatic carbocycles. The molecule has 0 spiro atoms. The molecule has 0 aliphatic rings. The molecule has 3 rings (SSSR count). The van der Waals surface area contributed by atoms with E-state index in [0.717, 1.165) is 0 Å². The maximum Gasteiger partial charge on any atom is 0.310 e. The first-order valence-corrected chi connectivity index (χ1v) is 9.54. The number of ether oxygens (including phenoxy) is 2. The number of halogens is 2. The van der Waals surface area contributed by atoms with Gasteiger partial charge in [0, 0.05) is 10.0 Å². The topological polar surface area (TPSA) is 104 Å². The first-order valence-electron chi connectivity index (χ1n) is 8.78.